The fraction of sp³-hybridized carbons (Fsp3) is 0.188. The Kier molecular flexibility index (Phi) is 4.52. The smallest absolute Gasteiger partial charge is 0.286 e. The highest BCUT2D eigenvalue weighted by atomic mass is 35.5. The predicted octanol–water partition coefficient (Wildman–Crippen LogP) is 1.48. The first kappa shape index (κ1) is 16.1. The first-order valence-electron chi connectivity index (χ1n) is 7.34. The topological polar surface area (TPSA) is 94.3 Å². The molecule has 1 aromatic heterocycles. The van der Waals surface area contributed by atoms with Crippen LogP contribution in [0.2, 0.25) is 5.02 Å². The molecule has 3 rings (SSSR count). The molecule has 7 nitrogen and oxygen atoms in total. The van der Waals surface area contributed by atoms with Gasteiger partial charge in [-0.2, -0.15) is 0 Å². The number of hydrogen-bond donors (Lipinski definition) is 3. The zero-order valence-corrected chi connectivity index (χ0v) is 13.3. The lowest BCUT2D eigenvalue weighted by molar-refractivity contribution is -0.126. The SMILES string of the molecule is O=C(NNC(=O)C1CC(=O)N(c2ccc(Cl)cc2)C1)c1ccc[nH]1. The van der Waals surface area contributed by atoms with Gasteiger partial charge in [0.2, 0.25) is 11.8 Å². The molecule has 1 unspecified atom stereocenters. The number of rotatable bonds is 3. The van der Waals surface area contributed by atoms with Crippen LogP contribution in [0.15, 0.2) is 42.6 Å². The summed E-state index contributed by atoms with van der Waals surface area (Å²) in [5.74, 6) is -1.53. The molecular weight excluding hydrogens is 332 g/mol. The standard InChI is InChI=1S/C16H15ClN4O3/c17-11-3-5-12(6-4-11)21-9-10(8-14(21)22)15(23)19-20-16(24)13-2-1-7-18-13/h1-7,10,18H,8-9H2,(H,19,23)(H,20,24). The Labute approximate surface area is 142 Å². The molecule has 3 amide bonds. The van der Waals surface area contributed by atoms with E-state index >= 15 is 0 Å². The van der Waals surface area contributed by atoms with Crippen molar-refractivity contribution >= 4 is 35.0 Å². The number of aromatic amines is 1. The molecule has 0 bridgehead atoms. The van der Waals surface area contributed by atoms with Gasteiger partial charge in [-0.1, -0.05) is 11.6 Å². The second-order valence-electron chi connectivity index (χ2n) is 5.41. The summed E-state index contributed by atoms with van der Waals surface area (Å²) in [4.78, 5) is 40.3. The predicted molar refractivity (Wildman–Crippen MR) is 88.3 cm³/mol. The molecule has 1 atom stereocenters. The summed E-state index contributed by atoms with van der Waals surface area (Å²) >= 11 is 5.84. The number of hydrogen-bond acceptors (Lipinski definition) is 3. The third-order valence-electron chi connectivity index (χ3n) is 3.78. The van der Waals surface area contributed by atoms with Gasteiger partial charge in [0.15, 0.2) is 0 Å². The van der Waals surface area contributed by atoms with E-state index in [2.05, 4.69) is 15.8 Å². The van der Waals surface area contributed by atoms with Gasteiger partial charge >= 0.3 is 0 Å². The highest BCUT2D eigenvalue weighted by Crippen LogP contribution is 2.26. The Bertz CT molecular complexity index is 758. The molecule has 1 aliphatic rings. The summed E-state index contributed by atoms with van der Waals surface area (Å²) in [5.41, 5.74) is 5.70. The van der Waals surface area contributed by atoms with E-state index in [0.29, 0.717) is 16.4 Å². The number of carbonyl (C=O) groups excluding carboxylic acids is 3. The molecule has 0 radical (unpaired) electrons. The van der Waals surface area contributed by atoms with Crippen molar-refractivity contribution in [2.24, 2.45) is 5.92 Å². The summed E-state index contributed by atoms with van der Waals surface area (Å²) in [5, 5.41) is 0.576. The Morgan fingerprint density at radius 2 is 1.92 bits per heavy atom. The van der Waals surface area contributed by atoms with Crippen molar-refractivity contribution in [3.05, 3.63) is 53.3 Å². The number of H-pyrrole nitrogens is 1. The van der Waals surface area contributed by atoms with E-state index in [0.717, 1.165) is 0 Å². The van der Waals surface area contributed by atoms with Gasteiger partial charge in [0.05, 0.1) is 5.92 Å². The molecule has 0 aliphatic carbocycles. The Morgan fingerprint density at radius 3 is 2.58 bits per heavy atom. The maximum absolute atomic E-state index is 12.2. The quantitative estimate of drug-likeness (QED) is 0.735. The summed E-state index contributed by atoms with van der Waals surface area (Å²) in [6, 6.07) is 10.1. The Morgan fingerprint density at radius 1 is 1.17 bits per heavy atom. The van der Waals surface area contributed by atoms with Crippen LogP contribution in [-0.2, 0) is 9.59 Å². The average molecular weight is 347 g/mol. The fourth-order valence-corrected chi connectivity index (χ4v) is 2.64. The van der Waals surface area contributed by atoms with Gasteiger partial charge in [0.1, 0.15) is 5.69 Å². The van der Waals surface area contributed by atoms with Crippen LogP contribution in [0.25, 0.3) is 0 Å². The van der Waals surface area contributed by atoms with Crippen LogP contribution in [0, 0.1) is 5.92 Å². The van der Waals surface area contributed by atoms with Gasteiger partial charge in [-0.15, -0.1) is 0 Å². The molecule has 1 saturated heterocycles. The molecule has 1 fully saturated rings. The van der Waals surface area contributed by atoms with E-state index in [9.17, 15) is 14.4 Å². The van der Waals surface area contributed by atoms with Crippen LogP contribution in [0.3, 0.4) is 0 Å². The minimum absolute atomic E-state index is 0.0901. The first-order chi connectivity index (χ1) is 11.5. The number of halogens is 1. The average Bonchev–Trinajstić information content (AvgIpc) is 3.23. The molecule has 24 heavy (non-hydrogen) atoms. The van der Waals surface area contributed by atoms with E-state index in [1.807, 2.05) is 0 Å². The number of amides is 3. The Balaban J connectivity index is 1.58. The highest BCUT2D eigenvalue weighted by molar-refractivity contribution is 6.30. The summed E-state index contributed by atoms with van der Waals surface area (Å²) in [7, 11) is 0. The van der Waals surface area contributed by atoms with Crippen molar-refractivity contribution < 1.29 is 14.4 Å². The van der Waals surface area contributed by atoms with Crippen LogP contribution in [-0.4, -0.2) is 29.3 Å². The summed E-state index contributed by atoms with van der Waals surface area (Å²) in [6.45, 7) is 0.255. The molecule has 1 aromatic carbocycles. The van der Waals surface area contributed by atoms with E-state index in [-0.39, 0.29) is 18.9 Å². The van der Waals surface area contributed by atoms with Crippen molar-refractivity contribution in [2.75, 3.05) is 11.4 Å². The third-order valence-corrected chi connectivity index (χ3v) is 4.03. The zero-order chi connectivity index (χ0) is 17.1. The van der Waals surface area contributed by atoms with Crippen LogP contribution < -0.4 is 15.8 Å². The molecule has 1 aliphatic heterocycles. The monoisotopic (exact) mass is 346 g/mol. The molecule has 2 aromatic rings. The number of nitrogens with one attached hydrogen (secondary N) is 3. The minimum Gasteiger partial charge on any atom is -0.357 e. The molecule has 0 spiro atoms. The lowest BCUT2D eigenvalue weighted by Crippen LogP contribution is -2.45. The molecule has 0 saturated carbocycles. The summed E-state index contributed by atoms with van der Waals surface area (Å²) in [6.07, 6.45) is 1.70. The van der Waals surface area contributed by atoms with Gasteiger partial charge in [0, 0.05) is 29.9 Å². The van der Waals surface area contributed by atoms with Gasteiger partial charge in [-0.3, -0.25) is 25.2 Å². The van der Waals surface area contributed by atoms with Crippen LogP contribution in [0.5, 0.6) is 0 Å². The zero-order valence-electron chi connectivity index (χ0n) is 12.6. The van der Waals surface area contributed by atoms with Crippen LogP contribution in [0.4, 0.5) is 5.69 Å². The molecule has 124 valence electrons. The summed E-state index contributed by atoms with van der Waals surface area (Å²) < 4.78 is 0. The van der Waals surface area contributed by atoms with E-state index in [1.54, 1.807) is 42.6 Å². The normalized spacial score (nSPS) is 17.0. The molecular formula is C16H15ClN4O3. The van der Waals surface area contributed by atoms with Crippen LogP contribution in [0.1, 0.15) is 16.9 Å². The third kappa shape index (κ3) is 3.41. The van der Waals surface area contributed by atoms with Crippen molar-refractivity contribution in [3.63, 3.8) is 0 Å². The lowest BCUT2D eigenvalue weighted by atomic mass is 10.1. The van der Waals surface area contributed by atoms with Crippen LogP contribution >= 0.6 is 11.6 Å². The maximum Gasteiger partial charge on any atom is 0.286 e. The fourth-order valence-electron chi connectivity index (χ4n) is 2.51. The number of carbonyl (C=O) groups is 3. The Hall–Kier alpha value is -2.80. The van der Waals surface area contributed by atoms with E-state index < -0.39 is 17.7 Å². The van der Waals surface area contributed by atoms with Crippen molar-refractivity contribution in [3.8, 4) is 0 Å². The van der Waals surface area contributed by atoms with Crippen molar-refractivity contribution in [1.82, 2.24) is 15.8 Å². The molecule has 2 heterocycles. The number of hydrazine groups is 1. The van der Waals surface area contributed by atoms with E-state index in [4.69, 9.17) is 11.6 Å². The van der Waals surface area contributed by atoms with Gasteiger partial charge in [0.25, 0.3) is 5.91 Å². The second-order valence-corrected chi connectivity index (χ2v) is 5.85. The van der Waals surface area contributed by atoms with Gasteiger partial charge in [-0.05, 0) is 36.4 Å². The van der Waals surface area contributed by atoms with Gasteiger partial charge in [-0.25, -0.2) is 0 Å². The van der Waals surface area contributed by atoms with Crippen molar-refractivity contribution in [2.45, 2.75) is 6.42 Å². The number of benzene rings is 1. The minimum atomic E-state index is -0.530. The first-order valence-corrected chi connectivity index (χ1v) is 7.72. The lowest BCUT2D eigenvalue weighted by Gasteiger charge is -2.16. The molecule has 3 N–H and O–H groups in total. The number of anilines is 1. The van der Waals surface area contributed by atoms with E-state index in [1.165, 1.54) is 4.90 Å². The van der Waals surface area contributed by atoms with Crippen molar-refractivity contribution in [1.29, 1.82) is 0 Å². The number of aromatic nitrogens is 1. The highest BCUT2D eigenvalue weighted by Gasteiger charge is 2.35. The number of nitrogens with zero attached hydrogens (tertiary/aromatic N) is 1. The largest absolute Gasteiger partial charge is 0.357 e. The maximum atomic E-state index is 12.2. The van der Waals surface area contributed by atoms with Gasteiger partial charge < -0.3 is 9.88 Å². The second kappa shape index (κ2) is 6.76. The molecule has 8 heteroatoms.